The molecular formula is C29H35N3O2S. The zero-order chi connectivity index (χ0) is 24.3. The molecule has 0 saturated carbocycles. The number of benzene rings is 3. The molecule has 35 heavy (non-hydrogen) atoms. The Labute approximate surface area is 209 Å². The Morgan fingerprint density at radius 2 is 1.54 bits per heavy atom. The Kier molecular flexibility index (Phi) is 7.35. The molecule has 0 amide bonds. The summed E-state index contributed by atoms with van der Waals surface area (Å²) in [6, 6.07) is 23.4. The summed E-state index contributed by atoms with van der Waals surface area (Å²) in [5.41, 5.74) is 7.07. The van der Waals surface area contributed by atoms with Gasteiger partial charge in [0.15, 0.2) is 0 Å². The lowest BCUT2D eigenvalue weighted by Crippen LogP contribution is -2.33. The molecule has 1 saturated heterocycles. The van der Waals surface area contributed by atoms with E-state index in [1.165, 1.54) is 29.5 Å². The number of nitrogens with zero attached hydrogens (tertiary/aromatic N) is 1. The Hall–Kier alpha value is -2.51. The van der Waals surface area contributed by atoms with Crippen molar-refractivity contribution in [2.45, 2.75) is 50.1 Å². The van der Waals surface area contributed by atoms with Crippen molar-refractivity contribution in [3.8, 4) is 11.1 Å². The molecule has 0 aromatic heterocycles. The first-order valence-corrected chi connectivity index (χ1v) is 14.2. The minimum atomic E-state index is -3.51. The lowest BCUT2D eigenvalue weighted by Gasteiger charge is -2.16. The van der Waals surface area contributed by atoms with Crippen LogP contribution in [-0.2, 0) is 29.4 Å². The average Bonchev–Trinajstić information content (AvgIpc) is 3.52. The highest BCUT2D eigenvalue weighted by Gasteiger charge is 2.20. The van der Waals surface area contributed by atoms with Gasteiger partial charge in [-0.3, -0.25) is 0 Å². The van der Waals surface area contributed by atoms with Crippen molar-refractivity contribution in [3.05, 3.63) is 89.0 Å². The first kappa shape index (κ1) is 24.2. The fourth-order valence-electron chi connectivity index (χ4n) is 5.33. The Balaban J connectivity index is 1.17. The molecule has 184 valence electrons. The SMILES string of the molecule is Cc1cc(-c2ccc(CNC3Cc4ccccc4C3)cc2)ccc1S(=O)(=O)NCCN1CCCC1. The van der Waals surface area contributed by atoms with Crippen molar-refractivity contribution in [1.29, 1.82) is 0 Å². The van der Waals surface area contributed by atoms with E-state index in [1.807, 2.05) is 19.1 Å². The third kappa shape index (κ3) is 5.84. The maximum atomic E-state index is 12.8. The standard InChI is InChI=1S/C29H35N3O2S/c1-22-18-27(12-13-29(22)35(33,34)31-14-17-32-15-4-5-16-32)24-10-8-23(9-11-24)21-30-28-19-25-6-2-3-7-26(25)20-28/h2-3,6-13,18,28,30-31H,4-5,14-17,19-21H2,1H3. The van der Waals surface area contributed by atoms with E-state index in [-0.39, 0.29) is 0 Å². The first-order valence-electron chi connectivity index (χ1n) is 12.7. The van der Waals surface area contributed by atoms with Crippen LogP contribution in [0.1, 0.15) is 35.1 Å². The highest BCUT2D eigenvalue weighted by molar-refractivity contribution is 7.89. The molecule has 0 radical (unpaired) electrons. The van der Waals surface area contributed by atoms with E-state index < -0.39 is 10.0 Å². The van der Waals surface area contributed by atoms with Crippen LogP contribution in [0, 0.1) is 6.92 Å². The Morgan fingerprint density at radius 3 is 2.20 bits per heavy atom. The summed E-state index contributed by atoms with van der Waals surface area (Å²) < 4.78 is 28.4. The van der Waals surface area contributed by atoms with Crippen molar-refractivity contribution in [2.24, 2.45) is 0 Å². The zero-order valence-corrected chi connectivity index (χ0v) is 21.3. The molecular weight excluding hydrogens is 454 g/mol. The van der Waals surface area contributed by atoms with Gasteiger partial charge in [-0.05, 0) is 85.1 Å². The van der Waals surface area contributed by atoms with Crippen LogP contribution in [0.25, 0.3) is 11.1 Å². The van der Waals surface area contributed by atoms with Gasteiger partial charge in [-0.15, -0.1) is 0 Å². The molecule has 0 unspecified atom stereocenters. The van der Waals surface area contributed by atoms with Crippen molar-refractivity contribution in [1.82, 2.24) is 14.9 Å². The predicted octanol–water partition coefficient (Wildman–Crippen LogP) is 4.29. The van der Waals surface area contributed by atoms with Gasteiger partial charge < -0.3 is 10.2 Å². The average molecular weight is 490 g/mol. The molecule has 5 nitrogen and oxygen atoms in total. The molecule has 0 spiro atoms. The summed E-state index contributed by atoms with van der Waals surface area (Å²) >= 11 is 0. The zero-order valence-electron chi connectivity index (χ0n) is 20.5. The summed E-state index contributed by atoms with van der Waals surface area (Å²) in [5, 5.41) is 3.70. The molecule has 3 aromatic carbocycles. The molecule has 2 N–H and O–H groups in total. The first-order chi connectivity index (χ1) is 17.0. The van der Waals surface area contributed by atoms with Crippen molar-refractivity contribution in [3.63, 3.8) is 0 Å². The Bertz CT molecular complexity index is 1240. The van der Waals surface area contributed by atoms with Crippen LogP contribution in [0.15, 0.2) is 71.6 Å². The van der Waals surface area contributed by atoms with Crippen molar-refractivity contribution in [2.75, 3.05) is 26.2 Å². The molecule has 1 heterocycles. The number of rotatable bonds is 9. The topological polar surface area (TPSA) is 61.4 Å². The third-order valence-electron chi connectivity index (χ3n) is 7.32. The number of sulfonamides is 1. The maximum absolute atomic E-state index is 12.8. The number of aryl methyl sites for hydroxylation is 1. The maximum Gasteiger partial charge on any atom is 0.240 e. The van der Waals surface area contributed by atoms with Crippen LogP contribution in [-0.4, -0.2) is 45.5 Å². The number of hydrogen-bond donors (Lipinski definition) is 2. The highest BCUT2D eigenvalue weighted by Crippen LogP contribution is 2.26. The molecule has 0 atom stereocenters. The molecule has 6 heteroatoms. The lowest BCUT2D eigenvalue weighted by atomic mass is 10.0. The van der Waals surface area contributed by atoms with E-state index in [0.29, 0.717) is 17.5 Å². The van der Waals surface area contributed by atoms with E-state index in [0.717, 1.165) is 55.7 Å². The van der Waals surface area contributed by atoms with E-state index in [4.69, 9.17) is 0 Å². The summed E-state index contributed by atoms with van der Waals surface area (Å²) in [6.45, 7) is 6.07. The second kappa shape index (κ2) is 10.6. The van der Waals surface area contributed by atoms with Crippen LogP contribution in [0.4, 0.5) is 0 Å². The van der Waals surface area contributed by atoms with Gasteiger partial charge in [-0.2, -0.15) is 0 Å². The smallest absolute Gasteiger partial charge is 0.240 e. The van der Waals surface area contributed by atoms with E-state index in [2.05, 4.69) is 63.5 Å². The van der Waals surface area contributed by atoms with Gasteiger partial charge in [0.1, 0.15) is 0 Å². The highest BCUT2D eigenvalue weighted by atomic mass is 32.2. The molecule has 3 aromatic rings. The number of likely N-dealkylation sites (tertiary alicyclic amines) is 1. The lowest BCUT2D eigenvalue weighted by molar-refractivity contribution is 0.344. The van der Waals surface area contributed by atoms with Crippen LogP contribution in [0.2, 0.25) is 0 Å². The van der Waals surface area contributed by atoms with Gasteiger partial charge in [-0.25, -0.2) is 13.1 Å². The van der Waals surface area contributed by atoms with Crippen LogP contribution in [0.3, 0.4) is 0 Å². The van der Waals surface area contributed by atoms with Crippen LogP contribution in [0.5, 0.6) is 0 Å². The minimum absolute atomic E-state index is 0.362. The second-order valence-corrected chi connectivity index (χ2v) is 11.6. The fraction of sp³-hybridized carbons (Fsp3) is 0.379. The summed E-state index contributed by atoms with van der Waals surface area (Å²) in [7, 11) is -3.51. The number of nitrogens with one attached hydrogen (secondary N) is 2. The van der Waals surface area contributed by atoms with Crippen LogP contribution < -0.4 is 10.0 Å². The molecule has 5 rings (SSSR count). The number of hydrogen-bond acceptors (Lipinski definition) is 4. The monoisotopic (exact) mass is 489 g/mol. The van der Waals surface area contributed by atoms with Crippen molar-refractivity contribution < 1.29 is 8.42 Å². The third-order valence-corrected chi connectivity index (χ3v) is 8.94. The van der Waals surface area contributed by atoms with Crippen LogP contribution >= 0.6 is 0 Å². The molecule has 0 bridgehead atoms. The predicted molar refractivity (Wildman–Crippen MR) is 142 cm³/mol. The van der Waals surface area contributed by atoms with E-state index in [9.17, 15) is 8.42 Å². The summed E-state index contributed by atoms with van der Waals surface area (Å²) in [4.78, 5) is 2.67. The normalized spacial score (nSPS) is 16.6. The van der Waals surface area contributed by atoms with Gasteiger partial charge in [0, 0.05) is 25.7 Å². The molecule has 1 aliphatic heterocycles. The molecule has 1 aliphatic carbocycles. The molecule has 1 fully saturated rings. The van der Waals surface area contributed by atoms with Gasteiger partial charge in [-0.1, -0.05) is 60.7 Å². The quantitative estimate of drug-likeness (QED) is 0.471. The number of fused-ring (bicyclic) bond motifs is 1. The van der Waals surface area contributed by atoms with E-state index >= 15 is 0 Å². The van der Waals surface area contributed by atoms with Gasteiger partial charge in [0.05, 0.1) is 4.90 Å². The second-order valence-electron chi connectivity index (χ2n) is 9.88. The van der Waals surface area contributed by atoms with Crippen molar-refractivity contribution >= 4 is 10.0 Å². The van der Waals surface area contributed by atoms with Gasteiger partial charge in [0.25, 0.3) is 0 Å². The van der Waals surface area contributed by atoms with E-state index in [1.54, 1.807) is 6.07 Å². The largest absolute Gasteiger partial charge is 0.309 e. The minimum Gasteiger partial charge on any atom is -0.309 e. The van der Waals surface area contributed by atoms with Gasteiger partial charge in [0.2, 0.25) is 10.0 Å². The Morgan fingerprint density at radius 1 is 0.886 bits per heavy atom. The van der Waals surface area contributed by atoms with Gasteiger partial charge >= 0.3 is 0 Å². The summed E-state index contributed by atoms with van der Waals surface area (Å²) in [6.07, 6.45) is 4.60. The fourth-order valence-corrected chi connectivity index (χ4v) is 6.58. The molecule has 2 aliphatic rings. The summed E-state index contributed by atoms with van der Waals surface area (Å²) in [5.74, 6) is 0.